The zero-order valence-corrected chi connectivity index (χ0v) is 27.1. The highest BCUT2D eigenvalue weighted by Gasteiger charge is 2.44. The minimum atomic E-state index is -1.94. The molecular weight excluding hydrogens is 652 g/mol. The average molecular weight is 695 g/mol. The third kappa shape index (κ3) is 7.93. The van der Waals surface area contributed by atoms with E-state index in [-0.39, 0.29) is 46.1 Å². The molecule has 1 aromatic heterocycles. The Kier molecular flexibility index (Phi) is 12.1. The molecule has 1 fully saturated rings. The Hall–Kier alpha value is -3.97. The van der Waals surface area contributed by atoms with Gasteiger partial charge in [0.25, 0.3) is 0 Å². The molecule has 1 aliphatic rings. The van der Waals surface area contributed by atoms with Gasteiger partial charge >= 0.3 is 0 Å². The quantitative estimate of drug-likeness (QED) is 0.100. The van der Waals surface area contributed by atoms with Crippen LogP contribution in [0.25, 0.3) is 22.3 Å². The van der Waals surface area contributed by atoms with Crippen LogP contribution in [-0.2, 0) is 11.2 Å². The third-order valence-electron chi connectivity index (χ3n) is 8.10. The highest BCUT2D eigenvalue weighted by atomic mass is 16.7. The van der Waals surface area contributed by atoms with E-state index in [1.54, 1.807) is 19.9 Å². The number of fused-ring (bicyclic) bond motifs is 1. The van der Waals surface area contributed by atoms with Gasteiger partial charge in [0.05, 0.1) is 19.8 Å². The van der Waals surface area contributed by atoms with Crippen molar-refractivity contribution in [2.75, 3.05) is 20.3 Å². The number of aliphatic hydroxyl groups is 8. The summed E-state index contributed by atoms with van der Waals surface area (Å²) in [6.07, 6.45) is -13.3. The molecule has 3 aromatic rings. The van der Waals surface area contributed by atoms with Crippen LogP contribution < -0.4 is 19.6 Å². The lowest BCUT2D eigenvalue weighted by Crippen LogP contribution is -2.58. The highest BCUT2D eigenvalue weighted by Crippen LogP contribution is 2.42. The number of methoxy groups -OCH3 is 1. The topological polar surface area (TPSA) is 269 Å². The van der Waals surface area contributed by atoms with E-state index in [2.05, 4.69) is 0 Å². The maximum Gasteiger partial charge on any atom is 0.239 e. The van der Waals surface area contributed by atoms with Crippen molar-refractivity contribution in [1.29, 1.82) is 0 Å². The summed E-state index contributed by atoms with van der Waals surface area (Å²) in [4.78, 5) is 14.2. The number of rotatable bonds is 13. The van der Waals surface area contributed by atoms with Crippen molar-refractivity contribution in [3.63, 3.8) is 0 Å². The first-order chi connectivity index (χ1) is 23.1. The van der Waals surface area contributed by atoms with E-state index in [1.165, 1.54) is 32.2 Å². The van der Waals surface area contributed by atoms with Crippen LogP contribution in [0.5, 0.6) is 28.7 Å². The van der Waals surface area contributed by atoms with Crippen LogP contribution in [0, 0.1) is 0 Å². The fourth-order valence-electron chi connectivity index (χ4n) is 5.18. The van der Waals surface area contributed by atoms with Crippen molar-refractivity contribution < 1.29 is 74.4 Å². The van der Waals surface area contributed by atoms with Gasteiger partial charge < -0.3 is 74.4 Å². The number of aliphatic hydroxyl groups excluding tert-OH is 8. The van der Waals surface area contributed by atoms with E-state index >= 15 is 0 Å². The lowest BCUT2D eigenvalue weighted by atomic mass is 10.00. The summed E-state index contributed by atoms with van der Waals surface area (Å²) in [6.45, 7) is 3.44. The minimum Gasteiger partial charge on any atom is -0.507 e. The molecule has 16 heteroatoms. The largest absolute Gasteiger partial charge is 0.507 e. The second kappa shape index (κ2) is 15.7. The molecule has 0 aliphatic carbocycles. The summed E-state index contributed by atoms with van der Waals surface area (Å²) in [5, 5.41) is 102. The van der Waals surface area contributed by atoms with E-state index < -0.39 is 90.6 Å². The van der Waals surface area contributed by atoms with Gasteiger partial charge in [0.2, 0.25) is 17.5 Å². The van der Waals surface area contributed by atoms with E-state index in [0.29, 0.717) is 0 Å². The first kappa shape index (κ1) is 37.8. The van der Waals surface area contributed by atoms with Crippen molar-refractivity contribution in [3.05, 3.63) is 51.7 Å². The van der Waals surface area contributed by atoms with E-state index in [9.17, 15) is 50.8 Å². The van der Waals surface area contributed by atoms with Crippen LogP contribution in [0.1, 0.15) is 26.3 Å². The van der Waals surface area contributed by atoms with Crippen molar-refractivity contribution in [2.45, 2.75) is 82.3 Å². The zero-order chi connectivity index (χ0) is 36.3. The normalized spacial score (nSPS) is 23.4. The predicted octanol–water partition coefficient (Wildman–Crippen LogP) is -0.591. The number of allylic oxidation sites excluding steroid dienone is 2. The van der Waals surface area contributed by atoms with Gasteiger partial charge in [0.1, 0.15) is 71.8 Å². The number of benzene rings is 2. The summed E-state index contributed by atoms with van der Waals surface area (Å²) in [5.41, 5.74) is -0.0928. The van der Waals surface area contributed by atoms with Gasteiger partial charge in [-0.3, -0.25) is 4.79 Å². The lowest BCUT2D eigenvalue weighted by molar-refractivity contribution is -0.268. The summed E-state index contributed by atoms with van der Waals surface area (Å²) in [6, 6.07) is 5.06. The van der Waals surface area contributed by atoms with Crippen LogP contribution in [0.3, 0.4) is 0 Å². The summed E-state index contributed by atoms with van der Waals surface area (Å²) in [5.74, 6) is -1.95. The SMILES string of the molecule is COc1ccc(-c2oc3c(CC=C(C)C)c(OC[C@H](O)[C@@H](O)[C@H](O)[C@H](O)CO)cc(O)c3c(=O)c2O[C@H]2O[C@@H](C)[C@@H](O)[C@H](O)[C@@H]2O)cc1O. The van der Waals surface area contributed by atoms with Crippen molar-refractivity contribution in [2.24, 2.45) is 0 Å². The monoisotopic (exact) mass is 694 g/mol. The van der Waals surface area contributed by atoms with Gasteiger partial charge in [0.15, 0.2) is 17.3 Å². The van der Waals surface area contributed by atoms with Crippen LogP contribution in [0.2, 0.25) is 0 Å². The van der Waals surface area contributed by atoms with E-state index in [1.807, 2.05) is 0 Å². The Morgan fingerprint density at radius 3 is 2.22 bits per heavy atom. The molecule has 1 aliphatic heterocycles. The van der Waals surface area contributed by atoms with Crippen molar-refractivity contribution in [3.8, 4) is 40.1 Å². The van der Waals surface area contributed by atoms with Crippen LogP contribution >= 0.6 is 0 Å². The maximum atomic E-state index is 14.2. The molecule has 2 heterocycles. The molecule has 0 spiro atoms. The molecule has 0 unspecified atom stereocenters. The molecular formula is C33H42O16. The molecule has 1 saturated heterocycles. The molecule has 49 heavy (non-hydrogen) atoms. The van der Waals surface area contributed by atoms with Gasteiger partial charge in [-0.1, -0.05) is 11.6 Å². The van der Waals surface area contributed by atoms with Gasteiger partial charge in [-0.15, -0.1) is 0 Å². The fraction of sp³-hybridized carbons (Fsp3) is 0.485. The third-order valence-corrected chi connectivity index (χ3v) is 8.10. The number of aromatic hydroxyl groups is 2. The Balaban J connectivity index is 1.92. The Labute approximate surface area is 279 Å². The summed E-state index contributed by atoms with van der Waals surface area (Å²) in [7, 11) is 1.33. The molecule has 0 bridgehead atoms. The smallest absolute Gasteiger partial charge is 0.239 e. The lowest BCUT2D eigenvalue weighted by Gasteiger charge is -2.38. The van der Waals surface area contributed by atoms with Crippen LogP contribution in [0.15, 0.2) is 45.1 Å². The highest BCUT2D eigenvalue weighted by molar-refractivity contribution is 5.91. The average Bonchev–Trinajstić information content (AvgIpc) is 3.07. The molecule has 0 amide bonds. The molecule has 4 rings (SSSR count). The maximum absolute atomic E-state index is 14.2. The second-order valence-electron chi connectivity index (χ2n) is 11.9. The molecule has 270 valence electrons. The molecule has 9 atom stereocenters. The number of ether oxygens (including phenoxy) is 4. The fourth-order valence-corrected chi connectivity index (χ4v) is 5.18. The van der Waals surface area contributed by atoms with Gasteiger partial charge in [-0.05, 0) is 45.4 Å². The second-order valence-corrected chi connectivity index (χ2v) is 11.9. The first-order valence-corrected chi connectivity index (χ1v) is 15.3. The number of phenols is 2. The van der Waals surface area contributed by atoms with Crippen molar-refractivity contribution in [1.82, 2.24) is 0 Å². The number of hydrogen-bond donors (Lipinski definition) is 10. The molecule has 10 N–H and O–H groups in total. The Bertz CT molecular complexity index is 1700. The van der Waals surface area contributed by atoms with E-state index in [4.69, 9.17) is 28.5 Å². The van der Waals surface area contributed by atoms with Crippen LogP contribution in [-0.4, -0.2) is 127 Å². The molecule has 2 aromatic carbocycles. The number of hydrogen-bond acceptors (Lipinski definition) is 16. The van der Waals surface area contributed by atoms with E-state index in [0.717, 1.165) is 11.6 Å². The van der Waals surface area contributed by atoms with Crippen molar-refractivity contribution >= 4 is 11.0 Å². The van der Waals surface area contributed by atoms with Crippen LogP contribution in [0.4, 0.5) is 0 Å². The van der Waals surface area contributed by atoms with Gasteiger partial charge in [-0.25, -0.2) is 0 Å². The van der Waals surface area contributed by atoms with Gasteiger partial charge in [-0.2, -0.15) is 0 Å². The first-order valence-electron chi connectivity index (χ1n) is 15.3. The Morgan fingerprint density at radius 2 is 1.61 bits per heavy atom. The number of phenolic OH excluding ortho intramolecular Hbond substituents is 2. The zero-order valence-electron chi connectivity index (χ0n) is 27.1. The standard InChI is InChI=1S/C33H42O16/c1-13(2)5-7-16-22(46-12-20(38)26(41)25(40)19(37)11-34)10-18(36)23-27(42)32(49-33-29(44)28(43)24(39)14(3)47-33)30(48-31(16)23)15-6-8-21(45-4)17(35)9-15/h5-6,8-10,14,19-20,24-26,28-29,33-41,43-44H,7,11-12H2,1-4H3/t14-,19+,20-,24+,25+,26+,28-,29-,33+/m0/s1. The van der Waals surface area contributed by atoms with Gasteiger partial charge in [0, 0.05) is 17.2 Å². The minimum absolute atomic E-state index is 0.0431. The molecule has 0 radical (unpaired) electrons. The summed E-state index contributed by atoms with van der Waals surface area (Å²) < 4.78 is 28.5. The molecule has 16 nitrogen and oxygen atoms in total. The predicted molar refractivity (Wildman–Crippen MR) is 171 cm³/mol. The summed E-state index contributed by atoms with van der Waals surface area (Å²) >= 11 is 0. The Morgan fingerprint density at radius 1 is 0.939 bits per heavy atom. The molecule has 0 saturated carbocycles.